The van der Waals surface area contributed by atoms with E-state index in [0.717, 1.165) is 25.3 Å². The minimum absolute atomic E-state index is 1.06. The average molecular weight is 204 g/mol. The average Bonchev–Trinajstić information content (AvgIpc) is 2.31. The highest BCUT2D eigenvalue weighted by atomic mass is 15.2. The minimum atomic E-state index is 1.06. The van der Waals surface area contributed by atoms with Crippen molar-refractivity contribution in [3.05, 3.63) is 36.3 Å². The molecular weight excluding hydrogens is 184 g/mol. The van der Waals surface area contributed by atoms with Crippen molar-refractivity contribution in [2.45, 2.75) is 32.1 Å². The predicted molar refractivity (Wildman–Crippen MR) is 64.2 cm³/mol. The van der Waals surface area contributed by atoms with E-state index in [1.807, 2.05) is 0 Å². The first kappa shape index (κ1) is 10.3. The van der Waals surface area contributed by atoms with Crippen molar-refractivity contribution in [1.29, 1.82) is 0 Å². The van der Waals surface area contributed by atoms with E-state index in [4.69, 9.17) is 0 Å². The summed E-state index contributed by atoms with van der Waals surface area (Å²) in [5.74, 6) is 1.06. The van der Waals surface area contributed by atoms with E-state index in [1.165, 1.54) is 31.4 Å². The molecule has 0 atom stereocenters. The molecule has 0 amide bonds. The number of nitrogens with zero attached hydrogens (tertiary/aromatic N) is 1. The van der Waals surface area contributed by atoms with Crippen molar-refractivity contribution in [1.82, 2.24) is 10.2 Å². The molecule has 2 heteroatoms. The summed E-state index contributed by atoms with van der Waals surface area (Å²) < 4.78 is 0. The lowest BCUT2D eigenvalue weighted by molar-refractivity contribution is 0.274. The molecule has 1 fully saturated rings. The number of hydrogen-bond donors (Lipinski definition) is 1. The van der Waals surface area contributed by atoms with Crippen LogP contribution in [0.25, 0.3) is 0 Å². The van der Waals surface area contributed by atoms with Gasteiger partial charge in [-0.3, -0.25) is 0 Å². The summed E-state index contributed by atoms with van der Waals surface area (Å²) in [5.41, 5.74) is 1.21. The molecule has 2 rings (SSSR count). The Morgan fingerprint density at radius 1 is 1.20 bits per heavy atom. The zero-order valence-electron chi connectivity index (χ0n) is 9.34. The van der Waals surface area contributed by atoms with Crippen molar-refractivity contribution in [2.75, 3.05) is 13.1 Å². The molecule has 0 spiro atoms. The summed E-state index contributed by atoms with van der Waals surface area (Å²) in [6, 6.07) is 0. The Labute approximate surface area is 92.3 Å². The number of allylic oxidation sites excluding steroid dienone is 3. The maximum atomic E-state index is 4.11. The molecule has 1 aliphatic heterocycles. The van der Waals surface area contributed by atoms with Crippen LogP contribution in [0.15, 0.2) is 36.3 Å². The molecule has 0 aromatic heterocycles. The quantitative estimate of drug-likeness (QED) is 0.760. The van der Waals surface area contributed by atoms with Gasteiger partial charge in [-0.1, -0.05) is 18.7 Å². The van der Waals surface area contributed by atoms with Crippen LogP contribution in [0, 0.1) is 0 Å². The van der Waals surface area contributed by atoms with E-state index in [1.54, 1.807) is 0 Å². The number of rotatable bonds is 3. The van der Waals surface area contributed by atoms with Crippen LogP contribution in [0.1, 0.15) is 32.1 Å². The summed E-state index contributed by atoms with van der Waals surface area (Å²) in [6.07, 6.45) is 12.9. The summed E-state index contributed by atoms with van der Waals surface area (Å²) >= 11 is 0. The molecule has 15 heavy (non-hydrogen) atoms. The van der Waals surface area contributed by atoms with Gasteiger partial charge >= 0.3 is 0 Å². The molecule has 0 unspecified atom stereocenters. The third-order valence-corrected chi connectivity index (χ3v) is 3.02. The predicted octanol–water partition coefficient (Wildman–Crippen LogP) is 2.77. The molecule has 2 nitrogen and oxygen atoms in total. The third kappa shape index (κ3) is 2.88. The molecule has 0 aromatic rings. The Morgan fingerprint density at radius 3 is 2.67 bits per heavy atom. The molecule has 82 valence electrons. The maximum absolute atomic E-state index is 4.11. The SMILES string of the molecule is C=C(NC1=CCCC=C1)N1CCCCC1. The molecule has 2 aliphatic rings. The number of likely N-dealkylation sites (tertiary alicyclic amines) is 1. The van der Waals surface area contributed by atoms with Crippen LogP contribution in [0.4, 0.5) is 0 Å². The van der Waals surface area contributed by atoms with Gasteiger partial charge in [0.05, 0.1) is 5.82 Å². The van der Waals surface area contributed by atoms with Crippen LogP contribution < -0.4 is 5.32 Å². The Kier molecular flexibility index (Phi) is 3.49. The van der Waals surface area contributed by atoms with Crippen LogP contribution in [0.3, 0.4) is 0 Å². The summed E-state index contributed by atoms with van der Waals surface area (Å²) in [6.45, 7) is 6.42. The van der Waals surface area contributed by atoms with Crippen LogP contribution in [0.2, 0.25) is 0 Å². The van der Waals surface area contributed by atoms with Crippen molar-refractivity contribution >= 4 is 0 Å². The summed E-state index contributed by atoms with van der Waals surface area (Å²) in [4.78, 5) is 2.35. The van der Waals surface area contributed by atoms with Gasteiger partial charge in [-0.25, -0.2) is 0 Å². The second-order valence-corrected chi connectivity index (χ2v) is 4.26. The second kappa shape index (κ2) is 5.06. The van der Waals surface area contributed by atoms with Crippen molar-refractivity contribution in [3.8, 4) is 0 Å². The molecule has 0 aromatic carbocycles. The molecule has 0 saturated carbocycles. The first-order valence-corrected chi connectivity index (χ1v) is 5.94. The number of hydrogen-bond acceptors (Lipinski definition) is 2. The zero-order valence-corrected chi connectivity index (χ0v) is 9.34. The van der Waals surface area contributed by atoms with Crippen LogP contribution >= 0.6 is 0 Å². The highest BCUT2D eigenvalue weighted by Gasteiger charge is 2.11. The van der Waals surface area contributed by atoms with E-state index in [9.17, 15) is 0 Å². The summed E-state index contributed by atoms with van der Waals surface area (Å²) in [5, 5.41) is 3.39. The highest BCUT2D eigenvalue weighted by Crippen LogP contribution is 2.14. The fourth-order valence-corrected chi connectivity index (χ4v) is 2.12. The van der Waals surface area contributed by atoms with Gasteiger partial charge in [-0.05, 0) is 38.2 Å². The standard InChI is InChI=1S/C13H20N2/c1-12(15-10-6-3-7-11-15)14-13-8-4-2-5-9-13/h4,8-9,14H,1-3,5-7,10-11H2. The lowest BCUT2D eigenvalue weighted by Gasteiger charge is -2.31. The maximum Gasteiger partial charge on any atom is 0.0983 e. The van der Waals surface area contributed by atoms with Crippen molar-refractivity contribution in [2.24, 2.45) is 0 Å². The summed E-state index contributed by atoms with van der Waals surface area (Å²) in [7, 11) is 0. The topological polar surface area (TPSA) is 15.3 Å². The molecule has 1 heterocycles. The van der Waals surface area contributed by atoms with Crippen LogP contribution in [-0.2, 0) is 0 Å². The molecule has 0 bridgehead atoms. The molecule has 0 radical (unpaired) electrons. The van der Waals surface area contributed by atoms with E-state index >= 15 is 0 Å². The Morgan fingerprint density at radius 2 is 2.00 bits per heavy atom. The highest BCUT2D eigenvalue weighted by molar-refractivity contribution is 5.23. The van der Waals surface area contributed by atoms with Crippen molar-refractivity contribution < 1.29 is 0 Å². The van der Waals surface area contributed by atoms with Gasteiger partial charge in [0.15, 0.2) is 0 Å². The fraction of sp³-hybridized carbons (Fsp3) is 0.538. The van der Waals surface area contributed by atoms with E-state index in [2.05, 4.69) is 35.0 Å². The largest absolute Gasteiger partial charge is 0.359 e. The first-order chi connectivity index (χ1) is 7.36. The van der Waals surface area contributed by atoms with Crippen LogP contribution in [0.5, 0.6) is 0 Å². The third-order valence-electron chi connectivity index (χ3n) is 3.02. The smallest absolute Gasteiger partial charge is 0.0983 e. The van der Waals surface area contributed by atoms with Gasteiger partial charge in [-0.2, -0.15) is 0 Å². The van der Waals surface area contributed by atoms with E-state index in [0.29, 0.717) is 0 Å². The van der Waals surface area contributed by atoms with Gasteiger partial charge < -0.3 is 10.2 Å². The molecule has 1 saturated heterocycles. The van der Waals surface area contributed by atoms with Crippen molar-refractivity contribution in [3.63, 3.8) is 0 Å². The van der Waals surface area contributed by atoms with Gasteiger partial charge in [0.2, 0.25) is 0 Å². The van der Waals surface area contributed by atoms with Gasteiger partial charge in [-0.15, -0.1) is 0 Å². The monoisotopic (exact) mass is 204 g/mol. The second-order valence-electron chi connectivity index (χ2n) is 4.26. The molecule has 1 aliphatic carbocycles. The number of nitrogens with one attached hydrogen (secondary N) is 1. The normalized spacial score (nSPS) is 21.1. The zero-order chi connectivity index (χ0) is 10.5. The van der Waals surface area contributed by atoms with E-state index < -0.39 is 0 Å². The van der Waals surface area contributed by atoms with Crippen LogP contribution in [-0.4, -0.2) is 18.0 Å². The first-order valence-electron chi connectivity index (χ1n) is 5.94. The van der Waals surface area contributed by atoms with Gasteiger partial charge in [0.1, 0.15) is 0 Å². The molecular formula is C13H20N2. The lowest BCUT2D eigenvalue weighted by Crippen LogP contribution is -2.34. The Balaban J connectivity index is 1.85. The Bertz CT molecular complexity index is 283. The fourth-order valence-electron chi connectivity index (χ4n) is 2.12. The Hall–Kier alpha value is -1.18. The molecule has 1 N–H and O–H groups in total. The number of piperidine rings is 1. The van der Waals surface area contributed by atoms with Gasteiger partial charge in [0, 0.05) is 18.8 Å². The lowest BCUT2D eigenvalue weighted by atomic mass is 10.1. The van der Waals surface area contributed by atoms with E-state index in [-0.39, 0.29) is 0 Å². The van der Waals surface area contributed by atoms with Gasteiger partial charge in [0.25, 0.3) is 0 Å². The minimum Gasteiger partial charge on any atom is -0.359 e.